The Kier molecular flexibility index (Phi) is 5.81. The molecule has 1 aromatic heterocycles. The molecule has 3 aromatic rings. The van der Waals surface area contributed by atoms with E-state index in [1.165, 1.54) is 4.68 Å². The van der Waals surface area contributed by atoms with Gasteiger partial charge in [0, 0.05) is 18.5 Å². The summed E-state index contributed by atoms with van der Waals surface area (Å²) < 4.78 is 12.1. The first-order valence-electron chi connectivity index (χ1n) is 10.1. The molecule has 1 aliphatic rings. The number of para-hydroxylation sites is 1. The van der Waals surface area contributed by atoms with Crippen LogP contribution in [0.4, 0.5) is 0 Å². The molecule has 31 heavy (non-hydrogen) atoms. The van der Waals surface area contributed by atoms with Crippen molar-refractivity contribution in [1.29, 1.82) is 0 Å². The number of hydrogen-bond acceptors (Lipinski definition) is 6. The molecule has 2 atom stereocenters. The minimum absolute atomic E-state index is 0.0180. The lowest BCUT2D eigenvalue weighted by atomic mass is 10.1. The number of hydrogen-bond donors (Lipinski definition) is 0. The number of nitrogens with zero attached hydrogens (tertiary/aromatic N) is 3. The molecule has 1 saturated heterocycles. The average molecular weight is 421 g/mol. The van der Waals surface area contributed by atoms with Crippen molar-refractivity contribution in [2.45, 2.75) is 26.1 Å². The Morgan fingerprint density at radius 2 is 1.61 bits per heavy atom. The topological polar surface area (TPSA) is 90.7 Å². The van der Waals surface area contributed by atoms with Crippen molar-refractivity contribution < 1.29 is 19.1 Å². The van der Waals surface area contributed by atoms with Crippen molar-refractivity contribution in [3.63, 3.8) is 0 Å². The largest absolute Gasteiger partial charge is 0.451 e. The minimum Gasteiger partial charge on any atom is -0.451 e. The maximum atomic E-state index is 12.9. The van der Waals surface area contributed by atoms with Gasteiger partial charge in [0.25, 0.3) is 11.5 Å². The van der Waals surface area contributed by atoms with Gasteiger partial charge in [-0.05, 0) is 32.0 Å². The normalized spacial score (nSPS) is 18.7. The van der Waals surface area contributed by atoms with Gasteiger partial charge in [-0.2, -0.15) is 9.78 Å². The fourth-order valence-electron chi connectivity index (χ4n) is 3.75. The third kappa shape index (κ3) is 4.34. The van der Waals surface area contributed by atoms with Crippen LogP contribution in [-0.4, -0.2) is 58.5 Å². The summed E-state index contributed by atoms with van der Waals surface area (Å²) in [6, 6.07) is 15.5. The predicted octanol–water partition coefficient (Wildman–Crippen LogP) is 2.18. The molecule has 0 aliphatic carbocycles. The zero-order valence-electron chi connectivity index (χ0n) is 17.4. The van der Waals surface area contributed by atoms with E-state index < -0.39 is 12.6 Å². The fraction of sp³-hybridized carbons (Fsp3) is 0.304. The SMILES string of the molecule is C[C@@H]1CN(C(=O)COC(=O)c2nn(-c3ccccc3)c(=O)c3ccccc23)C[C@H](C)O1. The summed E-state index contributed by atoms with van der Waals surface area (Å²) in [4.78, 5) is 40.0. The standard InChI is InChI=1S/C23H23N3O5/c1-15-12-25(13-16(2)31-15)20(27)14-30-23(29)21-18-10-6-7-11-19(18)22(28)26(24-21)17-8-4-3-5-9-17/h3-11,15-16H,12-14H2,1-2H3/t15-,16+. The molecule has 4 rings (SSSR count). The molecular formula is C23H23N3O5. The Bertz CT molecular complexity index is 1160. The molecule has 2 heterocycles. The molecule has 1 amide bonds. The van der Waals surface area contributed by atoms with Crippen LogP contribution in [0.15, 0.2) is 59.4 Å². The van der Waals surface area contributed by atoms with Crippen LogP contribution < -0.4 is 5.56 Å². The smallest absolute Gasteiger partial charge is 0.359 e. The summed E-state index contributed by atoms with van der Waals surface area (Å²) in [7, 11) is 0. The van der Waals surface area contributed by atoms with E-state index in [1.54, 1.807) is 53.4 Å². The molecule has 0 spiro atoms. The minimum atomic E-state index is -0.761. The lowest BCUT2D eigenvalue weighted by Gasteiger charge is -2.35. The van der Waals surface area contributed by atoms with E-state index in [1.807, 2.05) is 19.9 Å². The average Bonchev–Trinajstić information content (AvgIpc) is 2.77. The second-order valence-electron chi connectivity index (χ2n) is 7.58. The van der Waals surface area contributed by atoms with Gasteiger partial charge in [-0.25, -0.2) is 4.79 Å². The Balaban J connectivity index is 1.61. The summed E-state index contributed by atoms with van der Waals surface area (Å²) in [6.07, 6.45) is -0.160. The number of benzene rings is 2. The highest BCUT2D eigenvalue weighted by molar-refractivity contribution is 6.02. The van der Waals surface area contributed by atoms with Gasteiger partial charge in [0.2, 0.25) is 0 Å². The van der Waals surface area contributed by atoms with Crippen LogP contribution in [-0.2, 0) is 14.3 Å². The number of morpholine rings is 1. The molecule has 160 valence electrons. The first-order chi connectivity index (χ1) is 14.9. The zero-order valence-corrected chi connectivity index (χ0v) is 17.4. The van der Waals surface area contributed by atoms with E-state index in [0.29, 0.717) is 29.5 Å². The van der Waals surface area contributed by atoms with Crippen molar-refractivity contribution >= 4 is 22.6 Å². The molecule has 2 aromatic carbocycles. The fourth-order valence-corrected chi connectivity index (χ4v) is 3.75. The quantitative estimate of drug-likeness (QED) is 0.600. The van der Waals surface area contributed by atoms with Gasteiger partial charge < -0.3 is 14.4 Å². The Morgan fingerprint density at radius 3 is 2.29 bits per heavy atom. The van der Waals surface area contributed by atoms with Gasteiger partial charge >= 0.3 is 5.97 Å². The van der Waals surface area contributed by atoms with Crippen molar-refractivity contribution in [2.24, 2.45) is 0 Å². The number of rotatable bonds is 4. The van der Waals surface area contributed by atoms with E-state index in [0.717, 1.165) is 0 Å². The summed E-state index contributed by atoms with van der Waals surface area (Å²) in [5.74, 6) is -1.06. The van der Waals surface area contributed by atoms with Crippen LogP contribution >= 0.6 is 0 Å². The third-order valence-electron chi connectivity index (χ3n) is 5.10. The highest BCUT2D eigenvalue weighted by atomic mass is 16.5. The van der Waals surface area contributed by atoms with Crippen LogP contribution in [0.3, 0.4) is 0 Å². The molecule has 0 N–H and O–H groups in total. The Labute approximate surface area is 179 Å². The van der Waals surface area contributed by atoms with E-state index in [9.17, 15) is 14.4 Å². The van der Waals surface area contributed by atoms with Gasteiger partial charge in [-0.15, -0.1) is 0 Å². The van der Waals surface area contributed by atoms with Gasteiger partial charge in [-0.1, -0.05) is 36.4 Å². The number of carbonyl (C=O) groups excluding carboxylic acids is 2. The van der Waals surface area contributed by atoms with Gasteiger partial charge in [0.05, 0.1) is 23.3 Å². The Hall–Kier alpha value is -3.52. The van der Waals surface area contributed by atoms with Crippen LogP contribution in [0.25, 0.3) is 16.5 Å². The Morgan fingerprint density at radius 1 is 1.00 bits per heavy atom. The third-order valence-corrected chi connectivity index (χ3v) is 5.10. The number of aromatic nitrogens is 2. The van der Waals surface area contributed by atoms with Gasteiger partial charge in [0.1, 0.15) is 0 Å². The number of ether oxygens (including phenoxy) is 2. The number of amides is 1. The number of esters is 1. The maximum absolute atomic E-state index is 12.9. The molecule has 0 unspecified atom stereocenters. The van der Waals surface area contributed by atoms with E-state index in [-0.39, 0.29) is 29.4 Å². The zero-order chi connectivity index (χ0) is 22.0. The van der Waals surface area contributed by atoms with E-state index in [2.05, 4.69) is 5.10 Å². The van der Waals surface area contributed by atoms with Gasteiger partial charge in [0.15, 0.2) is 12.3 Å². The highest BCUT2D eigenvalue weighted by Crippen LogP contribution is 2.17. The van der Waals surface area contributed by atoms with Crippen molar-refractivity contribution in [3.8, 4) is 5.69 Å². The predicted molar refractivity (Wildman–Crippen MR) is 114 cm³/mol. The first kappa shape index (κ1) is 20.7. The second-order valence-corrected chi connectivity index (χ2v) is 7.58. The molecular weight excluding hydrogens is 398 g/mol. The van der Waals surface area contributed by atoms with Crippen molar-refractivity contribution in [1.82, 2.24) is 14.7 Å². The summed E-state index contributed by atoms with van der Waals surface area (Å²) in [6.45, 7) is 4.27. The first-order valence-corrected chi connectivity index (χ1v) is 10.1. The van der Waals surface area contributed by atoms with Crippen molar-refractivity contribution in [2.75, 3.05) is 19.7 Å². The van der Waals surface area contributed by atoms with Crippen LogP contribution in [0.2, 0.25) is 0 Å². The molecule has 8 heteroatoms. The summed E-state index contributed by atoms with van der Waals surface area (Å²) >= 11 is 0. The van der Waals surface area contributed by atoms with Crippen molar-refractivity contribution in [3.05, 3.63) is 70.6 Å². The lowest BCUT2D eigenvalue weighted by Crippen LogP contribution is -2.49. The molecule has 1 aliphatic heterocycles. The van der Waals surface area contributed by atoms with Crippen LogP contribution in [0.1, 0.15) is 24.3 Å². The van der Waals surface area contributed by atoms with E-state index in [4.69, 9.17) is 9.47 Å². The number of fused-ring (bicyclic) bond motifs is 1. The van der Waals surface area contributed by atoms with E-state index >= 15 is 0 Å². The molecule has 0 saturated carbocycles. The summed E-state index contributed by atoms with van der Waals surface area (Å²) in [5, 5.41) is 4.99. The highest BCUT2D eigenvalue weighted by Gasteiger charge is 2.27. The molecule has 8 nitrogen and oxygen atoms in total. The second kappa shape index (κ2) is 8.69. The maximum Gasteiger partial charge on any atom is 0.359 e. The van der Waals surface area contributed by atoms with Gasteiger partial charge in [-0.3, -0.25) is 9.59 Å². The summed E-state index contributed by atoms with van der Waals surface area (Å²) in [5.41, 5.74) is 0.168. The lowest BCUT2D eigenvalue weighted by molar-refractivity contribution is -0.146. The molecule has 0 radical (unpaired) electrons. The monoisotopic (exact) mass is 421 g/mol. The molecule has 1 fully saturated rings. The van der Waals surface area contributed by atoms with Crippen LogP contribution in [0, 0.1) is 0 Å². The molecule has 0 bridgehead atoms. The number of carbonyl (C=O) groups is 2. The van der Waals surface area contributed by atoms with Crippen LogP contribution in [0.5, 0.6) is 0 Å².